The maximum Gasteiger partial charge on any atom is 0.234 e. The van der Waals surface area contributed by atoms with E-state index in [9.17, 15) is 4.79 Å². The molecule has 2 rings (SSSR count). The summed E-state index contributed by atoms with van der Waals surface area (Å²) in [6.45, 7) is 4.25. The van der Waals surface area contributed by atoms with Gasteiger partial charge in [-0.05, 0) is 6.08 Å². The van der Waals surface area contributed by atoms with E-state index in [0.29, 0.717) is 5.75 Å². The van der Waals surface area contributed by atoms with E-state index in [1.54, 1.807) is 11.8 Å². The summed E-state index contributed by atoms with van der Waals surface area (Å²) >= 11 is 1.60. The number of fused-ring (bicyclic) bond motifs is 1. The molecule has 74 valence electrons. The molecule has 1 aliphatic carbocycles. The molecule has 0 unspecified atom stereocenters. The third-order valence-electron chi connectivity index (χ3n) is 2.19. The quantitative estimate of drug-likeness (QED) is 0.660. The average Bonchev–Trinajstić information content (AvgIpc) is 2.21. The first-order valence-corrected chi connectivity index (χ1v) is 5.61. The Hall–Kier alpha value is -0.960. The fourth-order valence-electron chi connectivity index (χ4n) is 1.52. The Balaban J connectivity index is 2.37. The van der Waals surface area contributed by atoms with Crippen LogP contribution >= 0.6 is 11.8 Å². The van der Waals surface area contributed by atoms with Crippen molar-refractivity contribution >= 4 is 17.7 Å². The van der Waals surface area contributed by atoms with Gasteiger partial charge in [-0.3, -0.25) is 4.79 Å². The molecule has 0 saturated carbocycles. The minimum Gasteiger partial charge on any atom is -0.325 e. The summed E-state index contributed by atoms with van der Waals surface area (Å²) in [7, 11) is 0. The van der Waals surface area contributed by atoms with Gasteiger partial charge in [-0.25, -0.2) is 0 Å². The van der Waals surface area contributed by atoms with Gasteiger partial charge in [0.05, 0.1) is 11.4 Å². The summed E-state index contributed by atoms with van der Waals surface area (Å²) in [5.41, 5.74) is 0.972. The van der Waals surface area contributed by atoms with Crippen molar-refractivity contribution in [2.45, 2.75) is 13.8 Å². The van der Waals surface area contributed by atoms with Gasteiger partial charge in [0.1, 0.15) is 0 Å². The number of thioether (sulfide) groups is 1. The van der Waals surface area contributed by atoms with Crippen molar-refractivity contribution in [1.29, 1.82) is 0 Å². The lowest BCUT2D eigenvalue weighted by molar-refractivity contribution is -0.117. The second-order valence-corrected chi connectivity index (χ2v) is 5.12. The van der Waals surface area contributed by atoms with Crippen molar-refractivity contribution in [3.8, 4) is 0 Å². The summed E-state index contributed by atoms with van der Waals surface area (Å²) in [5, 5.41) is 2.91. The van der Waals surface area contributed by atoms with Gasteiger partial charge < -0.3 is 5.32 Å². The van der Waals surface area contributed by atoms with Crippen LogP contribution in [0.1, 0.15) is 13.8 Å². The Morgan fingerprint density at radius 1 is 1.50 bits per heavy atom. The van der Waals surface area contributed by atoms with Crippen LogP contribution in [0.4, 0.5) is 0 Å². The molecule has 0 spiro atoms. The van der Waals surface area contributed by atoms with Crippen molar-refractivity contribution in [1.82, 2.24) is 5.32 Å². The SMILES string of the molecule is CC1(C)C=CC=C2SCC(=O)NC2=C1. The number of hydrogen-bond acceptors (Lipinski definition) is 2. The maximum absolute atomic E-state index is 11.2. The van der Waals surface area contributed by atoms with E-state index >= 15 is 0 Å². The number of carbonyl (C=O) groups excluding carboxylic acids is 1. The van der Waals surface area contributed by atoms with E-state index in [4.69, 9.17) is 0 Å². The largest absolute Gasteiger partial charge is 0.325 e. The fourth-order valence-corrected chi connectivity index (χ4v) is 2.32. The zero-order chi connectivity index (χ0) is 10.2. The van der Waals surface area contributed by atoms with Gasteiger partial charge in [0.25, 0.3) is 0 Å². The third kappa shape index (κ3) is 1.93. The first-order chi connectivity index (χ1) is 6.57. The molecular formula is C11H13NOS. The highest BCUT2D eigenvalue weighted by Crippen LogP contribution is 2.33. The molecule has 2 aliphatic rings. The van der Waals surface area contributed by atoms with Gasteiger partial charge in [0.2, 0.25) is 5.91 Å². The summed E-state index contributed by atoms with van der Waals surface area (Å²) in [4.78, 5) is 12.4. The van der Waals surface area contributed by atoms with E-state index in [2.05, 4.69) is 43.5 Å². The first-order valence-electron chi connectivity index (χ1n) is 4.62. The lowest BCUT2D eigenvalue weighted by atomic mass is 9.92. The lowest BCUT2D eigenvalue weighted by Crippen LogP contribution is -2.30. The minimum absolute atomic E-state index is 0.0127. The average molecular weight is 207 g/mol. The van der Waals surface area contributed by atoms with Crippen molar-refractivity contribution in [3.05, 3.63) is 34.9 Å². The summed E-state index contributed by atoms with van der Waals surface area (Å²) in [6.07, 6.45) is 8.36. The Bertz CT molecular complexity index is 363. The van der Waals surface area contributed by atoms with Crippen LogP contribution in [0.25, 0.3) is 0 Å². The highest BCUT2D eigenvalue weighted by molar-refractivity contribution is 8.04. The first kappa shape index (κ1) is 9.59. The summed E-state index contributed by atoms with van der Waals surface area (Å²) < 4.78 is 0. The number of nitrogens with one attached hydrogen (secondary N) is 1. The standard InChI is InChI=1S/C11H13NOS/c1-11(2)5-3-4-9-8(6-11)12-10(13)7-14-9/h3-6H,7H2,1-2H3,(H,12,13). The van der Waals surface area contributed by atoms with Crippen LogP contribution in [0.15, 0.2) is 34.9 Å². The van der Waals surface area contributed by atoms with E-state index in [-0.39, 0.29) is 11.3 Å². The Morgan fingerprint density at radius 2 is 2.29 bits per heavy atom. The number of carbonyl (C=O) groups is 1. The second-order valence-electron chi connectivity index (χ2n) is 4.11. The number of amides is 1. The van der Waals surface area contributed by atoms with E-state index in [1.165, 1.54) is 0 Å². The van der Waals surface area contributed by atoms with Gasteiger partial charge in [-0.2, -0.15) is 0 Å². The molecule has 0 atom stereocenters. The van der Waals surface area contributed by atoms with Crippen molar-refractivity contribution in [2.75, 3.05) is 5.75 Å². The van der Waals surface area contributed by atoms with Crippen LogP contribution in [0, 0.1) is 5.41 Å². The van der Waals surface area contributed by atoms with Crippen molar-refractivity contribution < 1.29 is 4.79 Å². The molecule has 1 heterocycles. The van der Waals surface area contributed by atoms with E-state index < -0.39 is 0 Å². The topological polar surface area (TPSA) is 29.1 Å². The Morgan fingerprint density at radius 3 is 3.07 bits per heavy atom. The molecule has 0 bridgehead atoms. The molecule has 1 aliphatic heterocycles. The zero-order valence-electron chi connectivity index (χ0n) is 8.33. The summed E-state index contributed by atoms with van der Waals surface area (Å²) in [5.74, 6) is 0.619. The van der Waals surface area contributed by atoms with Crippen molar-refractivity contribution in [2.24, 2.45) is 5.41 Å². The molecule has 14 heavy (non-hydrogen) atoms. The maximum atomic E-state index is 11.2. The minimum atomic E-state index is 0.0127. The van der Waals surface area contributed by atoms with Crippen LogP contribution < -0.4 is 5.32 Å². The monoisotopic (exact) mass is 207 g/mol. The zero-order valence-corrected chi connectivity index (χ0v) is 9.15. The third-order valence-corrected chi connectivity index (χ3v) is 3.26. The summed E-state index contributed by atoms with van der Waals surface area (Å²) in [6, 6.07) is 0. The normalized spacial score (nSPS) is 24.3. The van der Waals surface area contributed by atoms with Gasteiger partial charge in [0.15, 0.2) is 0 Å². The molecule has 1 saturated heterocycles. The number of hydrogen-bond donors (Lipinski definition) is 1. The van der Waals surface area contributed by atoms with Crippen LogP contribution in [0.5, 0.6) is 0 Å². The number of rotatable bonds is 0. The predicted molar refractivity (Wildman–Crippen MR) is 59.7 cm³/mol. The van der Waals surface area contributed by atoms with Crippen LogP contribution in [-0.2, 0) is 4.79 Å². The molecule has 1 amide bonds. The molecule has 0 aromatic rings. The molecular weight excluding hydrogens is 194 g/mol. The molecule has 3 heteroatoms. The smallest absolute Gasteiger partial charge is 0.234 e. The fraction of sp³-hybridized carbons (Fsp3) is 0.364. The molecule has 0 aromatic carbocycles. The lowest BCUT2D eigenvalue weighted by Gasteiger charge is -2.21. The van der Waals surface area contributed by atoms with Gasteiger partial charge >= 0.3 is 0 Å². The molecule has 0 radical (unpaired) electrons. The van der Waals surface area contributed by atoms with Crippen LogP contribution in [-0.4, -0.2) is 11.7 Å². The molecule has 1 N–H and O–H groups in total. The highest BCUT2D eigenvalue weighted by Gasteiger charge is 2.22. The highest BCUT2D eigenvalue weighted by atomic mass is 32.2. The molecule has 2 nitrogen and oxygen atoms in total. The van der Waals surface area contributed by atoms with E-state index in [0.717, 1.165) is 10.6 Å². The van der Waals surface area contributed by atoms with Crippen LogP contribution in [0.2, 0.25) is 0 Å². The van der Waals surface area contributed by atoms with Crippen LogP contribution in [0.3, 0.4) is 0 Å². The Kier molecular flexibility index (Phi) is 2.27. The van der Waals surface area contributed by atoms with E-state index in [1.807, 2.05) is 0 Å². The van der Waals surface area contributed by atoms with Gasteiger partial charge in [-0.15, -0.1) is 11.8 Å². The van der Waals surface area contributed by atoms with Gasteiger partial charge in [0, 0.05) is 10.3 Å². The van der Waals surface area contributed by atoms with Gasteiger partial charge in [-0.1, -0.05) is 32.1 Å². The predicted octanol–water partition coefficient (Wildman–Crippen LogP) is 2.21. The molecule has 1 fully saturated rings. The molecule has 0 aromatic heterocycles. The second kappa shape index (κ2) is 3.31. The number of allylic oxidation sites excluding steroid dienone is 4. The Labute approximate surface area is 88.1 Å². The van der Waals surface area contributed by atoms with Crippen molar-refractivity contribution in [3.63, 3.8) is 0 Å².